The molecular weight excluding hydrogens is 256 g/mol. The van der Waals surface area contributed by atoms with Gasteiger partial charge in [-0.1, -0.05) is 0 Å². The van der Waals surface area contributed by atoms with Crippen molar-refractivity contribution in [3.05, 3.63) is 0 Å². The number of aliphatic carboxylic acids is 1. The molecule has 0 bridgehead atoms. The molecule has 8 heteroatoms. The summed E-state index contributed by atoms with van der Waals surface area (Å²) in [6.07, 6.45) is -0.583. The van der Waals surface area contributed by atoms with E-state index in [2.05, 4.69) is 10.1 Å². The summed E-state index contributed by atoms with van der Waals surface area (Å²) in [5, 5.41) is 19.8. The Morgan fingerprint density at radius 1 is 1.37 bits per heavy atom. The lowest BCUT2D eigenvalue weighted by Crippen LogP contribution is -2.48. The number of carbonyl (C=O) groups excluding carboxylic acids is 2. The third-order valence-corrected chi connectivity index (χ3v) is 3.05. The minimum Gasteiger partial charge on any atom is -0.479 e. The Morgan fingerprint density at radius 2 is 1.95 bits per heavy atom. The topological polar surface area (TPSA) is 116 Å². The summed E-state index contributed by atoms with van der Waals surface area (Å²) in [4.78, 5) is 34.8. The zero-order chi connectivity index (χ0) is 14.4. The van der Waals surface area contributed by atoms with E-state index in [1.165, 1.54) is 12.0 Å². The fraction of sp³-hybridized carbons (Fsp3) is 0.727. The van der Waals surface area contributed by atoms with Crippen LogP contribution in [0.25, 0.3) is 0 Å². The van der Waals surface area contributed by atoms with Gasteiger partial charge in [0.1, 0.15) is 0 Å². The Balaban J connectivity index is 2.33. The second-order valence-electron chi connectivity index (χ2n) is 4.32. The van der Waals surface area contributed by atoms with Crippen LogP contribution in [0.2, 0.25) is 0 Å². The molecule has 108 valence electrons. The molecule has 0 aromatic heterocycles. The van der Waals surface area contributed by atoms with E-state index in [4.69, 9.17) is 10.2 Å². The van der Waals surface area contributed by atoms with E-state index in [1.54, 1.807) is 0 Å². The standard InChI is InChI=1S/C11H18N2O6/c1-19-10(17)7-2-4-13(5-3-7)11(18)12-6-8(14)9(15)16/h7-8,14H,2-6H2,1H3,(H,12,18)(H,15,16). The molecule has 3 N–H and O–H groups in total. The Labute approximate surface area is 110 Å². The predicted octanol–water partition coefficient (Wildman–Crippen LogP) is -0.973. The van der Waals surface area contributed by atoms with Crippen LogP contribution in [0.15, 0.2) is 0 Å². The Kier molecular flexibility index (Phi) is 5.56. The third kappa shape index (κ3) is 4.40. The Hall–Kier alpha value is -1.83. The second kappa shape index (κ2) is 6.93. The molecule has 0 aliphatic carbocycles. The molecule has 0 aromatic carbocycles. The highest BCUT2D eigenvalue weighted by Gasteiger charge is 2.28. The molecule has 1 saturated heterocycles. The average molecular weight is 274 g/mol. The molecule has 8 nitrogen and oxygen atoms in total. The van der Waals surface area contributed by atoms with Crippen molar-refractivity contribution in [2.24, 2.45) is 5.92 Å². The van der Waals surface area contributed by atoms with E-state index < -0.39 is 18.1 Å². The van der Waals surface area contributed by atoms with Crippen molar-refractivity contribution < 1.29 is 29.3 Å². The average Bonchev–Trinajstić information content (AvgIpc) is 2.43. The maximum atomic E-state index is 11.7. The molecule has 1 fully saturated rings. The molecule has 0 radical (unpaired) electrons. The van der Waals surface area contributed by atoms with Crippen LogP contribution >= 0.6 is 0 Å². The van der Waals surface area contributed by atoms with Crippen LogP contribution in [0, 0.1) is 5.92 Å². The van der Waals surface area contributed by atoms with Crippen LogP contribution in [-0.2, 0) is 14.3 Å². The van der Waals surface area contributed by atoms with Crippen molar-refractivity contribution in [2.45, 2.75) is 18.9 Å². The Bertz CT molecular complexity index is 351. The van der Waals surface area contributed by atoms with Gasteiger partial charge in [0.05, 0.1) is 19.6 Å². The number of ether oxygens (including phenoxy) is 1. The lowest BCUT2D eigenvalue weighted by molar-refractivity contribution is -0.147. The van der Waals surface area contributed by atoms with Crippen LogP contribution in [0.3, 0.4) is 0 Å². The number of urea groups is 1. The molecule has 0 saturated carbocycles. The number of hydrogen-bond acceptors (Lipinski definition) is 5. The summed E-state index contributed by atoms with van der Waals surface area (Å²) in [6.45, 7) is 0.453. The van der Waals surface area contributed by atoms with E-state index >= 15 is 0 Å². The number of piperidine rings is 1. The van der Waals surface area contributed by atoms with Crippen LogP contribution in [-0.4, -0.2) is 65.9 Å². The number of carboxylic acid groups (broad SMARTS) is 1. The highest BCUT2D eigenvalue weighted by atomic mass is 16.5. The van der Waals surface area contributed by atoms with Crippen LogP contribution in [0.5, 0.6) is 0 Å². The van der Waals surface area contributed by atoms with Gasteiger partial charge < -0.3 is 25.2 Å². The minimum atomic E-state index is -1.61. The highest BCUT2D eigenvalue weighted by Crippen LogP contribution is 2.18. The maximum absolute atomic E-state index is 11.7. The number of rotatable bonds is 4. The van der Waals surface area contributed by atoms with Crippen molar-refractivity contribution in [3.8, 4) is 0 Å². The molecule has 2 amide bonds. The number of likely N-dealkylation sites (tertiary alicyclic amines) is 1. The van der Waals surface area contributed by atoms with Crippen LogP contribution in [0.1, 0.15) is 12.8 Å². The summed E-state index contributed by atoms with van der Waals surface area (Å²) in [5.41, 5.74) is 0. The molecule has 19 heavy (non-hydrogen) atoms. The zero-order valence-electron chi connectivity index (χ0n) is 10.7. The number of aliphatic hydroxyl groups excluding tert-OH is 1. The number of carboxylic acids is 1. The monoisotopic (exact) mass is 274 g/mol. The molecule has 1 atom stereocenters. The number of nitrogens with one attached hydrogen (secondary N) is 1. The summed E-state index contributed by atoms with van der Waals surface area (Å²) in [7, 11) is 1.33. The van der Waals surface area contributed by atoms with Gasteiger partial charge in [0.25, 0.3) is 0 Å². The fourth-order valence-corrected chi connectivity index (χ4v) is 1.87. The number of amides is 2. The first kappa shape index (κ1) is 15.2. The van der Waals surface area contributed by atoms with Gasteiger partial charge in [-0.05, 0) is 12.8 Å². The van der Waals surface area contributed by atoms with Crippen molar-refractivity contribution in [1.29, 1.82) is 0 Å². The van der Waals surface area contributed by atoms with Crippen LogP contribution < -0.4 is 5.32 Å². The first-order chi connectivity index (χ1) is 8.95. The zero-order valence-corrected chi connectivity index (χ0v) is 10.7. The summed E-state index contributed by atoms with van der Waals surface area (Å²) < 4.78 is 4.63. The lowest BCUT2D eigenvalue weighted by Gasteiger charge is -2.30. The lowest BCUT2D eigenvalue weighted by atomic mass is 9.97. The predicted molar refractivity (Wildman–Crippen MR) is 63.4 cm³/mol. The van der Waals surface area contributed by atoms with Gasteiger partial charge in [-0.3, -0.25) is 4.79 Å². The molecule has 1 aliphatic heterocycles. The van der Waals surface area contributed by atoms with E-state index in [0.717, 1.165) is 0 Å². The number of aliphatic hydroxyl groups is 1. The maximum Gasteiger partial charge on any atom is 0.334 e. The van der Waals surface area contributed by atoms with Gasteiger partial charge in [0, 0.05) is 13.1 Å². The van der Waals surface area contributed by atoms with E-state index in [9.17, 15) is 14.4 Å². The third-order valence-electron chi connectivity index (χ3n) is 3.05. The fourth-order valence-electron chi connectivity index (χ4n) is 1.87. The number of hydrogen-bond donors (Lipinski definition) is 3. The summed E-state index contributed by atoms with van der Waals surface area (Å²) >= 11 is 0. The SMILES string of the molecule is COC(=O)C1CCN(C(=O)NCC(O)C(=O)O)CC1. The van der Waals surface area contributed by atoms with E-state index in [1.807, 2.05) is 0 Å². The molecule has 0 spiro atoms. The van der Waals surface area contributed by atoms with E-state index in [-0.39, 0.29) is 18.4 Å². The van der Waals surface area contributed by atoms with Crippen LogP contribution in [0.4, 0.5) is 4.79 Å². The van der Waals surface area contributed by atoms with E-state index in [0.29, 0.717) is 25.9 Å². The molecule has 1 heterocycles. The van der Waals surface area contributed by atoms with Gasteiger partial charge in [0.15, 0.2) is 6.10 Å². The molecular formula is C11H18N2O6. The smallest absolute Gasteiger partial charge is 0.334 e. The number of nitrogens with zero attached hydrogens (tertiary/aromatic N) is 1. The molecule has 0 aromatic rings. The number of carbonyl (C=O) groups is 3. The van der Waals surface area contributed by atoms with Gasteiger partial charge in [-0.15, -0.1) is 0 Å². The Morgan fingerprint density at radius 3 is 2.42 bits per heavy atom. The molecule has 1 unspecified atom stereocenters. The van der Waals surface area contributed by atoms with Gasteiger partial charge in [-0.25, -0.2) is 9.59 Å². The first-order valence-corrected chi connectivity index (χ1v) is 5.97. The van der Waals surface area contributed by atoms with Gasteiger partial charge >= 0.3 is 18.0 Å². The molecule has 1 rings (SSSR count). The van der Waals surface area contributed by atoms with Gasteiger partial charge in [-0.2, -0.15) is 0 Å². The summed E-state index contributed by atoms with van der Waals surface area (Å²) in [6, 6.07) is -0.441. The number of methoxy groups -OCH3 is 1. The largest absolute Gasteiger partial charge is 0.479 e. The van der Waals surface area contributed by atoms with Crippen molar-refractivity contribution >= 4 is 18.0 Å². The number of esters is 1. The van der Waals surface area contributed by atoms with Crippen molar-refractivity contribution in [2.75, 3.05) is 26.7 Å². The molecule has 1 aliphatic rings. The first-order valence-electron chi connectivity index (χ1n) is 5.97. The normalized spacial score (nSPS) is 17.7. The highest BCUT2D eigenvalue weighted by molar-refractivity contribution is 5.77. The van der Waals surface area contributed by atoms with Gasteiger partial charge in [0.2, 0.25) is 0 Å². The quantitative estimate of drug-likeness (QED) is 0.568. The second-order valence-corrected chi connectivity index (χ2v) is 4.32. The minimum absolute atomic E-state index is 0.196. The van der Waals surface area contributed by atoms with Crippen molar-refractivity contribution in [1.82, 2.24) is 10.2 Å². The van der Waals surface area contributed by atoms with Crippen molar-refractivity contribution in [3.63, 3.8) is 0 Å². The summed E-state index contributed by atoms with van der Waals surface area (Å²) in [5.74, 6) is -1.86.